The Kier molecular flexibility index (Phi) is 4.08. The summed E-state index contributed by atoms with van der Waals surface area (Å²) in [6, 6.07) is 13.7. The van der Waals surface area contributed by atoms with Gasteiger partial charge in [-0.25, -0.2) is 0 Å². The molecule has 0 unspecified atom stereocenters. The lowest BCUT2D eigenvalue weighted by Crippen LogP contribution is -2.34. The maximum absolute atomic E-state index is 12.7. The molecule has 0 fully saturated rings. The molecule has 2 aromatic carbocycles. The number of phenolic OH excluding ortho intramolecular Hbond substituents is 1. The number of hydrogen-bond acceptors (Lipinski definition) is 3. The SMILES string of the molecule is CC(C)NC(=O)c1cn(-c2ccc(O)cc2)c2ccccc2c1=O. The number of nitrogens with one attached hydrogen (secondary N) is 1. The van der Waals surface area contributed by atoms with E-state index in [4.69, 9.17) is 0 Å². The smallest absolute Gasteiger partial charge is 0.256 e. The van der Waals surface area contributed by atoms with E-state index in [-0.39, 0.29) is 22.8 Å². The van der Waals surface area contributed by atoms with Crippen LogP contribution in [-0.4, -0.2) is 21.6 Å². The van der Waals surface area contributed by atoms with Gasteiger partial charge in [0.05, 0.1) is 5.52 Å². The Hall–Kier alpha value is -3.08. The van der Waals surface area contributed by atoms with Gasteiger partial charge in [-0.3, -0.25) is 9.59 Å². The van der Waals surface area contributed by atoms with Gasteiger partial charge in [0.1, 0.15) is 11.3 Å². The highest BCUT2D eigenvalue weighted by molar-refractivity contribution is 5.97. The van der Waals surface area contributed by atoms with Crippen LogP contribution in [0.4, 0.5) is 0 Å². The van der Waals surface area contributed by atoms with Crippen LogP contribution in [0.15, 0.2) is 59.5 Å². The average molecular weight is 322 g/mol. The maximum Gasteiger partial charge on any atom is 0.256 e. The summed E-state index contributed by atoms with van der Waals surface area (Å²) in [5.74, 6) is -0.241. The summed E-state index contributed by atoms with van der Waals surface area (Å²) in [4.78, 5) is 25.1. The predicted molar refractivity (Wildman–Crippen MR) is 93.8 cm³/mol. The summed E-state index contributed by atoms with van der Waals surface area (Å²) in [6.45, 7) is 3.69. The number of aromatic hydroxyl groups is 1. The normalized spacial score (nSPS) is 11.0. The van der Waals surface area contributed by atoms with Crippen molar-refractivity contribution in [1.82, 2.24) is 9.88 Å². The second kappa shape index (κ2) is 6.20. The molecule has 24 heavy (non-hydrogen) atoms. The summed E-state index contributed by atoms with van der Waals surface area (Å²) in [5.41, 5.74) is 1.26. The van der Waals surface area contributed by atoms with Gasteiger partial charge in [-0.2, -0.15) is 0 Å². The first kappa shape index (κ1) is 15.8. The lowest BCUT2D eigenvalue weighted by molar-refractivity contribution is 0.0941. The van der Waals surface area contributed by atoms with E-state index in [1.165, 1.54) is 0 Å². The predicted octanol–water partition coefficient (Wildman–Crippen LogP) is 2.83. The number of phenols is 1. The number of carbonyl (C=O) groups excluding carboxylic acids is 1. The molecule has 5 nitrogen and oxygen atoms in total. The Labute approximate surface area is 139 Å². The Morgan fingerprint density at radius 3 is 2.42 bits per heavy atom. The molecule has 2 N–H and O–H groups in total. The summed E-state index contributed by atoms with van der Waals surface area (Å²) in [6.07, 6.45) is 1.55. The zero-order chi connectivity index (χ0) is 17.3. The number of para-hydroxylation sites is 1. The first-order valence-corrected chi connectivity index (χ1v) is 7.72. The second-order valence-electron chi connectivity index (χ2n) is 5.90. The van der Waals surface area contributed by atoms with Crippen molar-refractivity contribution in [2.24, 2.45) is 0 Å². The molecule has 0 atom stereocenters. The summed E-state index contributed by atoms with van der Waals surface area (Å²) in [5, 5.41) is 12.7. The quantitative estimate of drug-likeness (QED) is 0.779. The fourth-order valence-corrected chi connectivity index (χ4v) is 2.61. The van der Waals surface area contributed by atoms with Gasteiger partial charge in [0.15, 0.2) is 0 Å². The van der Waals surface area contributed by atoms with Crippen molar-refractivity contribution in [2.45, 2.75) is 19.9 Å². The third-order valence-electron chi connectivity index (χ3n) is 3.70. The van der Waals surface area contributed by atoms with Crippen molar-refractivity contribution in [1.29, 1.82) is 0 Å². The molecule has 0 bridgehead atoms. The minimum atomic E-state index is -0.395. The molecule has 0 saturated heterocycles. The molecule has 0 saturated carbocycles. The van der Waals surface area contributed by atoms with E-state index in [0.29, 0.717) is 10.9 Å². The standard InChI is InChI=1S/C19H18N2O3/c1-12(2)20-19(24)16-11-21(13-7-9-14(22)10-8-13)17-6-4-3-5-15(17)18(16)23/h3-12,22H,1-2H3,(H,20,24). The zero-order valence-corrected chi connectivity index (χ0v) is 13.5. The van der Waals surface area contributed by atoms with Crippen LogP contribution in [0.2, 0.25) is 0 Å². The van der Waals surface area contributed by atoms with Crippen LogP contribution in [0.5, 0.6) is 5.75 Å². The largest absolute Gasteiger partial charge is 0.508 e. The molecule has 0 aliphatic heterocycles. The van der Waals surface area contributed by atoms with Gasteiger partial charge < -0.3 is 15.0 Å². The first-order chi connectivity index (χ1) is 11.5. The molecule has 0 spiro atoms. The van der Waals surface area contributed by atoms with Gasteiger partial charge in [-0.1, -0.05) is 12.1 Å². The topological polar surface area (TPSA) is 71.3 Å². The summed E-state index contributed by atoms with van der Waals surface area (Å²) < 4.78 is 1.78. The Balaban J connectivity index is 2.28. The molecular formula is C19H18N2O3. The molecule has 3 rings (SSSR count). The van der Waals surface area contributed by atoms with Crippen molar-refractivity contribution in [3.8, 4) is 11.4 Å². The van der Waals surface area contributed by atoms with Crippen LogP contribution in [0.25, 0.3) is 16.6 Å². The number of pyridine rings is 1. The number of hydrogen-bond donors (Lipinski definition) is 2. The highest BCUT2D eigenvalue weighted by atomic mass is 16.3. The number of amides is 1. The van der Waals surface area contributed by atoms with Crippen molar-refractivity contribution < 1.29 is 9.90 Å². The molecule has 122 valence electrons. The van der Waals surface area contributed by atoms with Crippen LogP contribution in [0, 0.1) is 0 Å². The summed E-state index contributed by atoms with van der Waals surface area (Å²) >= 11 is 0. The number of benzene rings is 2. The Bertz CT molecular complexity index is 957. The summed E-state index contributed by atoms with van der Waals surface area (Å²) in [7, 11) is 0. The van der Waals surface area contributed by atoms with Crippen LogP contribution < -0.4 is 10.7 Å². The molecule has 0 aliphatic rings. The number of nitrogens with zero attached hydrogens (tertiary/aromatic N) is 1. The number of carbonyl (C=O) groups is 1. The molecule has 1 aromatic heterocycles. The van der Waals surface area contributed by atoms with E-state index in [9.17, 15) is 14.7 Å². The average Bonchev–Trinajstić information content (AvgIpc) is 2.56. The van der Waals surface area contributed by atoms with E-state index in [1.807, 2.05) is 26.0 Å². The van der Waals surface area contributed by atoms with E-state index < -0.39 is 5.91 Å². The molecule has 0 aliphatic carbocycles. The molecule has 5 heteroatoms. The van der Waals surface area contributed by atoms with Gasteiger partial charge in [-0.15, -0.1) is 0 Å². The van der Waals surface area contributed by atoms with Gasteiger partial charge in [0.2, 0.25) is 5.43 Å². The van der Waals surface area contributed by atoms with Crippen LogP contribution in [0.3, 0.4) is 0 Å². The van der Waals surface area contributed by atoms with Crippen molar-refractivity contribution in [3.63, 3.8) is 0 Å². The molecule has 1 heterocycles. The van der Waals surface area contributed by atoms with E-state index in [0.717, 1.165) is 5.69 Å². The lowest BCUT2D eigenvalue weighted by Gasteiger charge is -2.14. The molecule has 1 amide bonds. The zero-order valence-electron chi connectivity index (χ0n) is 13.5. The van der Waals surface area contributed by atoms with Crippen molar-refractivity contribution in [2.75, 3.05) is 0 Å². The maximum atomic E-state index is 12.7. The number of rotatable bonds is 3. The Morgan fingerprint density at radius 1 is 1.08 bits per heavy atom. The monoisotopic (exact) mass is 322 g/mol. The molecule has 0 radical (unpaired) electrons. The fourth-order valence-electron chi connectivity index (χ4n) is 2.61. The molecular weight excluding hydrogens is 304 g/mol. The Morgan fingerprint density at radius 2 is 1.75 bits per heavy atom. The van der Waals surface area contributed by atoms with Crippen LogP contribution >= 0.6 is 0 Å². The number of aromatic nitrogens is 1. The van der Waals surface area contributed by atoms with E-state index in [1.54, 1.807) is 47.2 Å². The second-order valence-corrected chi connectivity index (χ2v) is 5.90. The highest BCUT2D eigenvalue weighted by Gasteiger charge is 2.16. The van der Waals surface area contributed by atoms with Gasteiger partial charge >= 0.3 is 0 Å². The van der Waals surface area contributed by atoms with Crippen molar-refractivity contribution in [3.05, 3.63) is 70.5 Å². The number of fused-ring (bicyclic) bond motifs is 1. The third kappa shape index (κ3) is 2.88. The van der Waals surface area contributed by atoms with Gasteiger partial charge in [-0.05, 0) is 50.2 Å². The van der Waals surface area contributed by atoms with E-state index >= 15 is 0 Å². The van der Waals surface area contributed by atoms with E-state index in [2.05, 4.69) is 5.32 Å². The van der Waals surface area contributed by atoms with Crippen LogP contribution in [0.1, 0.15) is 24.2 Å². The van der Waals surface area contributed by atoms with Crippen LogP contribution in [-0.2, 0) is 0 Å². The minimum absolute atomic E-state index is 0.0644. The fraction of sp³-hybridized carbons (Fsp3) is 0.158. The minimum Gasteiger partial charge on any atom is -0.508 e. The highest BCUT2D eigenvalue weighted by Crippen LogP contribution is 2.19. The third-order valence-corrected chi connectivity index (χ3v) is 3.70. The molecule has 3 aromatic rings. The first-order valence-electron chi connectivity index (χ1n) is 7.72. The van der Waals surface area contributed by atoms with Crippen molar-refractivity contribution >= 4 is 16.8 Å². The van der Waals surface area contributed by atoms with Gasteiger partial charge in [0.25, 0.3) is 5.91 Å². The van der Waals surface area contributed by atoms with Gasteiger partial charge in [0, 0.05) is 23.3 Å². The lowest BCUT2D eigenvalue weighted by atomic mass is 10.1.